The van der Waals surface area contributed by atoms with E-state index in [1.165, 1.54) is 4.90 Å². The summed E-state index contributed by atoms with van der Waals surface area (Å²) in [6, 6.07) is 0. The van der Waals surface area contributed by atoms with Gasteiger partial charge in [0.05, 0.1) is 0 Å². The van der Waals surface area contributed by atoms with E-state index in [-0.39, 0.29) is 25.0 Å². The van der Waals surface area contributed by atoms with E-state index in [2.05, 4.69) is 5.32 Å². The summed E-state index contributed by atoms with van der Waals surface area (Å²) in [5.74, 6) is 0.0160. The molecular weight excluding hydrogens is 184 g/mol. The number of nitrogens with one attached hydrogen (secondary N) is 1. The predicted octanol–water partition coefficient (Wildman–Crippen LogP) is -1.02. The quantitative estimate of drug-likeness (QED) is 0.577. The van der Waals surface area contributed by atoms with Gasteiger partial charge in [0.15, 0.2) is 0 Å². The predicted molar refractivity (Wildman–Crippen MR) is 48.5 cm³/mol. The smallest absolute Gasteiger partial charge is 0.255 e. The molecule has 14 heavy (non-hydrogen) atoms. The maximum absolute atomic E-state index is 11.4. The van der Waals surface area contributed by atoms with E-state index >= 15 is 0 Å². The van der Waals surface area contributed by atoms with Gasteiger partial charge in [0.25, 0.3) is 11.8 Å². The number of rotatable bonds is 2. The molecule has 2 amide bonds. The number of imide groups is 1. The first kappa shape index (κ1) is 9.61. The number of hydrogen-bond acceptors (Lipinski definition) is 4. The van der Waals surface area contributed by atoms with Crippen LogP contribution < -0.4 is 5.32 Å². The summed E-state index contributed by atoms with van der Waals surface area (Å²) in [6.45, 7) is 2.53. The van der Waals surface area contributed by atoms with Crippen molar-refractivity contribution in [2.75, 3.05) is 32.8 Å². The van der Waals surface area contributed by atoms with E-state index in [0.717, 1.165) is 19.5 Å². The number of hydrogen-bond donors (Lipinski definition) is 1. The molecule has 0 aromatic rings. The average molecular weight is 198 g/mol. The molecule has 0 aliphatic carbocycles. The first-order chi connectivity index (χ1) is 6.77. The lowest BCUT2D eigenvalue weighted by Crippen LogP contribution is -2.48. The molecule has 2 saturated heterocycles. The Morgan fingerprint density at radius 2 is 2.07 bits per heavy atom. The third kappa shape index (κ3) is 1.93. The minimum atomic E-state index is -0.201. The first-order valence-electron chi connectivity index (χ1n) is 4.89. The van der Waals surface area contributed by atoms with E-state index in [1.54, 1.807) is 0 Å². The molecule has 0 spiro atoms. The highest BCUT2D eigenvalue weighted by molar-refractivity contribution is 5.98. The van der Waals surface area contributed by atoms with Crippen LogP contribution in [0.2, 0.25) is 0 Å². The third-order valence-corrected chi connectivity index (χ3v) is 2.66. The molecule has 5 nitrogen and oxygen atoms in total. The molecule has 78 valence electrons. The number of nitrogens with zero attached hydrogens (tertiary/aromatic N) is 1. The normalized spacial score (nSPS) is 28.6. The molecular formula is C9H14N2O3. The molecule has 2 rings (SSSR count). The van der Waals surface area contributed by atoms with Gasteiger partial charge < -0.3 is 10.1 Å². The monoisotopic (exact) mass is 198 g/mol. The minimum absolute atomic E-state index is 0.0475. The fourth-order valence-electron chi connectivity index (χ4n) is 1.85. The van der Waals surface area contributed by atoms with Crippen LogP contribution >= 0.6 is 0 Å². The van der Waals surface area contributed by atoms with Crippen molar-refractivity contribution in [3.8, 4) is 0 Å². The van der Waals surface area contributed by atoms with Crippen LogP contribution in [0.15, 0.2) is 0 Å². The Kier molecular flexibility index (Phi) is 2.79. The summed E-state index contributed by atoms with van der Waals surface area (Å²) in [6.07, 6.45) is 1.04. The molecule has 0 radical (unpaired) electrons. The van der Waals surface area contributed by atoms with Crippen molar-refractivity contribution in [3.63, 3.8) is 0 Å². The van der Waals surface area contributed by atoms with Gasteiger partial charge in [0.1, 0.15) is 13.2 Å². The van der Waals surface area contributed by atoms with E-state index in [0.29, 0.717) is 12.5 Å². The first-order valence-corrected chi connectivity index (χ1v) is 4.89. The van der Waals surface area contributed by atoms with Gasteiger partial charge >= 0.3 is 0 Å². The van der Waals surface area contributed by atoms with Crippen molar-refractivity contribution in [3.05, 3.63) is 0 Å². The molecule has 0 bridgehead atoms. The Balaban J connectivity index is 1.93. The Hall–Kier alpha value is -0.940. The summed E-state index contributed by atoms with van der Waals surface area (Å²) in [5.41, 5.74) is 0. The van der Waals surface area contributed by atoms with Gasteiger partial charge in [0.2, 0.25) is 0 Å². The topological polar surface area (TPSA) is 58.6 Å². The van der Waals surface area contributed by atoms with Gasteiger partial charge in [0, 0.05) is 6.54 Å². The molecule has 5 heteroatoms. The molecule has 0 aromatic heterocycles. The molecule has 2 fully saturated rings. The molecule has 0 aromatic carbocycles. The van der Waals surface area contributed by atoms with Crippen molar-refractivity contribution in [2.45, 2.75) is 6.42 Å². The second-order valence-electron chi connectivity index (χ2n) is 3.75. The summed E-state index contributed by atoms with van der Waals surface area (Å²) in [7, 11) is 0. The minimum Gasteiger partial charge on any atom is -0.362 e. The third-order valence-electron chi connectivity index (χ3n) is 2.66. The zero-order valence-corrected chi connectivity index (χ0v) is 7.99. The fourth-order valence-corrected chi connectivity index (χ4v) is 1.85. The van der Waals surface area contributed by atoms with Crippen LogP contribution in [0.25, 0.3) is 0 Å². The zero-order valence-electron chi connectivity index (χ0n) is 7.99. The zero-order chi connectivity index (χ0) is 9.97. The molecule has 1 N–H and O–H groups in total. The number of amides is 2. The van der Waals surface area contributed by atoms with Crippen LogP contribution in [0.1, 0.15) is 6.42 Å². The number of carbonyl (C=O) groups excluding carboxylic acids is 2. The van der Waals surface area contributed by atoms with E-state index in [4.69, 9.17) is 4.74 Å². The van der Waals surface area contributed by atoms with Gasteiger partial charge in [-0.15, -0.1) is 0 Å². The average Bonchev–Trinajstić information content (AvgIpc) is 2.64. The van der Waals surface area contributed by atoms with Gasteiger partial charge in [-0.1, -0.05) is 0 Å². The highest BCUT2D eigenvalue weighted by Gasteiger charge is 2.29. The Morgan fingerprint density at radius 3 is 2.64 bits per heavy atom. The lowest BCUT2D eigenvalue weighted by Gasteiger charge is -2.26. The lowest BCUT2D eigenvalue weighted by molar-refractivity contribution is -0.159. The summed E-state index contributed by atoms with van der Waals surface area (Å²) >= 11 is 0. The maximum atomic E-state index is 11.4. The Labute approximate surface area is 82.4 Å². The van der Waals surface area contributed by atoms with Crippen LogP contribution in [0.5, 0.6) is 0 Å². The Bertz CT molecular complexity index is 232. The van der Waals surface area contributed by atoms with Gasteiger partial charge in [-0.05, 0) is 25.4 Å². The van der Waals surface area contributed by atoms with Crippen molar-refractivity contribution in [2.24, 2.45) is 5.92 Å². The van der Waals surface area contributed by atoms with Crippen LogP contribution in [0, 0.1) is 5.92 Å². The van der Waals surface area contributed by atoms with Crippen molar-refractivity contribution >= 4 is 11.8 Å². The summed E-state index contributed by atoms with van der Waals surface area (Å²) in [4.78, 5) is 24.0. The van der Waals surface area contributed by atoms with Crippen LogP contribution in [0.4, 0.5) is 0 Å². The SMILES string of the molecule is O=C1COCC(=O)N1CC1CCNC1. The second-order valence-corrected chi connectivity index (χ2v) is 3.75. The molecule has 0 saturated carbocycles. The highest BCUT2D eigenvalue weighted by atomic mass is 16.5. The van der Waals surface area contributed by atoms with Crippen molar-refractivity contribution in [1.82, 2.24) is 10.2 Å². The van der Waals surface area contributed by atoms with Crippen LogP contribution in [-0.4, -0.2) is 49.6 Å². The Morgan fingerprint density at radius 1 is 1.36 bits per heavy atom. The van der Waals surface area contributed by atoms with Gasteiger partial charge in [-0.2, -0.15) is 0 Å². The highest BCUT2D eigenvalue weighted by Crippen LogP contribution is 2.12. The summed E-state index contributed by atoms with van der Waals surface area (Å²) < 4.78 is 4.83. The largest absolute Gasteiger partial charge is 0.362 e. The van der Waals surface area contributed by atoms with Crippen LogP contribution in [-0.2, 0) is 14.3 Å². The second kappa shape index (κ2) is 4.06. The van der Waals surface area contributed by atoms with E-state index in [9.17, 15) is 9.59 Å². The standard InChI is InChI=1S/C9H14N2O3/c12-8-5-14-6-9(13)11(8)4-7-1-2-10-3-7/h7,10H,1-6H2. The molecule has 1 atom stereocenters. The van der Waals surface area contributed by atoms with Gasteiger partial charge in [-0.3, -0.25) is 14.5 Å². The van der Waals surface area contributed by atoms with E-state index in [1.807, 2.05) is 0 Å². The maximum Gasteiger partial charge on any atom is 0.255 e. The molecule has 2 aliphatic heterocycles. The number of ether oxygens (including phenoxy) is 1. The summed E-state index contributed by atoms with van der Waals surface area (Å²) in [5, 5.41) is 3.21. The van der Waals surface area contributed by atoms with Crippen LogP contribution in [0.3, 0.4) is 0 Å². The molecule has 1 unspecified atom stereocenters. The molecule has 2 heterocycles. The molecule has 2 aliphatic rings. The fraction of sp³-hybridized carbons (Fsp3) is 0.778. The van der Waals surface area contributed by atoms with Crippen molar-refractivity contribution in [1.29, 1.82) is 0 Å². The number of morpholine rings is 1. The number of carbonyl (C=O) groups is 2. The van der Waals surface area contributed by atoms with Gasteiger partial charge in [-0.25, -0.2) is 0 Å². The van der Waals surface area contributed by atoms with E-state index < -0.39 is 0 Å². The lowest BCUT2D eigenvalue weighted by atomic mass is 10.1. The van der Waals surface area contributed by atoms with Crippen molar-refractivity contribution < 1.29 is 14.3 Å².